The van der Waals surface area contributed by atoms with Crippen LogP contribution in [0, 0.1) is 5.92 Å². The molecule has 10 nitrogen and oxygen atoms in total. The zero-order valence-corrected chi connectivity index (χ0v) is 21.6. The number of aromatic nitrogens is 5. The van der Waals surface area contributed by atoms with Crippen LogP contribution in [0.2, 0.25) is 0 Å². The maximum absolute atomic E-state index is 6.01. The minimum Gasteiger partial charge on any atom is -0.385 e. The third kappa shape index (κ3) is 4.29. The van der Waals surface area contributed by atoms with Crippen LogP contribution in [0.3, 0.4) is 0 Å². The summed E-state index contributed by atoms with van der Waals surface area (Å²) in [5.41, 5.74) is 3.74. The van der Waals surface area contributed by atoms with Gasteiger partial charge in [0.25, 0.3) is 5.95 Å². The van der Waals surface area contributed by atoms with E-state index in [0.717, 1.165) is 41.0 Å². The second-order valence-corrected chi connectivity index (χ2v) is 9.33. The molecule has 2 unspecified atom stereocenters. The zero-order chi connectivity index (χ0) is 25.2. The highest BCUT2D eigenvalue weighted by molar-refractivity contribution is 5.81. The normalized spacial score (nSPS) is 18.1. The minimum absolute atomic E-state index is 0.149. The lowest BCUT2D eigenvalue weighted by Crippen LogP contribution is -2.44. The predicted octanol–water partition coefficient (Wildman–Crippen LogP) is 3.70. The van der Waals surface area contributed by atoms with Gasteiger partial charge in [-0.05, 0) is 43.5 Å². The van der Waals surface area contributed by atoms with E-state index in [1.165, 1.54) is 0 Å². The van der Waals surface area contributed by atoms with Crippen molar-refractivity contribution in [3.8, 4) is 5.95 Å². The first-order valence-corrected chi connectivity index (χ1v) is 12.5. The molecule has 0 spiro atoms. The molecule has 0 bridgehead atoms. The number of hydrogen-bond donors (Lipinski definition) is 1. The number of hydrogen-bond acceptors (Lipinski definition) is 8. The number of morpholine rings is 1. The zero-order valence-electron chi connectivity index (χ0n) is 21.6. The number of nitrogens with one attached hydrogen (secondary N) is 1. The Hall–Kier alpha value is -3.21. The van der Waals surface area contributed by atoms with Crippen LogP contribution in [0.25, 0.3) is 22.5 Å². The number of imidazole rings is 1. The van der Waals surface area contributed by atoms with Crippen LogP contribution >= 0.6 is 0 Å². The van der Waals surface area contributed by atoms with Crippen molar-refractivity contribution in [2.75, 3.05) is 57.8 Å². The summed E-state index contributed by atoms with van der Waals surface area (Å²) in [6, 6.07) is 12.4. The predicted molar refractivity (Wildman–Crippen MR) is 140 cm³/mol. The fraction of sp³-hybridized carbons (Fsp3) is 0.500. The van der Waals surface area contributed by atoms with Gasteiger partial charge >= 0.3 is 0 Å². The molecule has 1 fully saturated rings. The average Bonchev–Trinajstić information content (AvgIpc) is 3.49. The van der Waals surface area contributed by atoms with E-state index in [4.69, 9.17) is 29.3 Å². The van der Waals surface area contributed by atoms with Gasteiger partial charge in [-0.1, -0.05) is 19.1 Å². The first-order valence-electron chi connectivity index (χ1n) is 12.5. The smallest absolute Gasteiger partial charge is 0.257 e. The van der Waals surface area contributed by atoms with E-state index in [0.29, 0.717) is 31.7 Å². The Kier molecular flexibility index (Phi) is 7.08. The van der Waals surface area contributed by atoms with Crippen molar-refractivity contribution in [1.29, 1.82) is 0 Å². The number of rotatable bonds is 9. The molecule has 1 aliphatic heterocycles. The van der Waals surface area contributed by atoms with Crippen molar-refractivity contribution < 1.29 is 14.2 Å². The molecule has 3 aromatic heterocycles. The van der Waals surface area contributed by atoms with Crippen molar-refractivity contribution in [1.82, 2.24) is 24.1 Å². The summed E-state index contributed by atoms with van der Waals surface area (Å²) in [4.78, 5) is 12.2. The van der Waals surface area contributed by atoms with E-state index in [9.17, 15) is 0 Å². The fourth-order valence-electron chi connectivity index (χ4n) is 5.05. The van der Waals surface area contributed by atoms with Crippen molar-refractivity contribution in [2.24, 2.45) is 5.92 Å². The largest absolute Gasteiger partial charge is 0.385 e. The molecule has 4 heterocycles. The topological polar surface area (TPSA) is 91.0 Å². The van der Waals surface area contributed by atoms with Gasteiger partial charge in [-0.3, -0.25) is 0 Å². The van der Waals surface area contributed by atoms with Crippen LogP contribution in [-0.4, -0.2) is 77.8 Å². The lowest BCUT2D eigenvalue weighted by molar-refractivity contribution is 0.0388. The number of nitrogens with zero attached hydrogens (tertiary/aromatic N) is 6. The molecule has 3 atom stereocenters. The van der Waals surface area contributed by atoms with Crippen LogP contribution in [0.1, 0.15) is 32.1 Å². The summed E-state index contributed by atoms with van der Waals surface area (Å²) in [5, 5.41) is 8.28. The van der Waals surface area contributed by atoms with Crippen molar-refractivity contribution >= 4 is 28.3 Å². The van der Waals surface area contributed by atoms with Crippen LogP contribution < -0.4 is 10.2 Å². The fourth-order valence-corrected chi connectivity index (χ4v) is 5.05. The van der Waals surface area contributed by atoms with Gasteiger partial charge in [-0.25, -0.2) is 14.1 Å². The van der Waals surface area contributed by atoms with Gasteiger partial charge in [-0.15, -0.1) is 5.10 Å². The third-order valence-electron chi connectivity index (χ3n) is 6.97. The lowest BCUT2D eigenvalue weighted by Gasteiger charge is -2.34. The molecule has 0 amide bonds. The van der Waals surface area contributed by atoms with Crippen molar-refractivity contribution in [3.05, 3.63) is 42.1 Å². The molecular formula is C26H35N7O3. The van der Waals surface area contributed by atoms with Gasteiger partial charge in [0, 0.05) is 34.4 Å². The highest BCUT2D eigenvalue weighted by atomic mass is 16.5. The summed E-state index contributed by atoms with van der Waals surface area (Å²) in [5.74, 6) is 2.34. The monoisotopic (exact) mass is 493 g/mol. The van der Waals surface area contributed by atoms with Crippen LogP contribution in [-0.2, 0) is 14.2 Å². The molecule has 1 aromatic carbocycles. The molecule has 1 saturated heterocycles. The number of fused-ring (bicyclic) bond motifs is 2. The maximum atomic E-state index is 6.01. The van der Waals surface area contributed by atoms with Gasteiger partial charge in [0.05, 0.1) is 36.0 Å². The average molecular weight is 494 g/mol. The highest BCUT2D eigenvalue weighted by Gasteiger charge is 2.28. The molecule has 10 heteroatoms. The molecule has 5 rings (SSSR count). The third-order valence-corrected chi connectivity index (χ3v) is 6.97. The summed E-state index contributed by atoms with van der Waals surface area (Å²) in [7, 11) is 5.34. The quantitative estimate of drug-likeness (QED) is 0.378. The second kappa shape index (κ2) is 10.4. The van der Waals surface area contributed by atoms with E-state index in [2.05, 4.69) is 36.2 Å². The molecule has 36 heavy (non-hydrogen) atoms. The standard InChI is InChI=1S/C26H35N7O3/c1-17(12-14-34-4)23(35-5)21-10-11-22-24(31-13-15-36-16-18(31)2)29-26(30-33(21)22)32-20-9-7-6-8-19(20)28-25(32)27-3/h6-11,17-18,23H,12-16H2,1-5H3,(H,27,28)/t17?,18-,23?/m1/s1. The Labute approximate surface area is 211 Å². The number of para-hydroxylation sites is 2. The molecule has 1 N–H and O–H groups in total. The Morgan fingerprint density at radius 2 is 1.97 bits per heavy atom. The van der Waals surface area contributed by atoms with Gasteiger partial charge in [-0.2, -0.15) is 4.98 Å². The van der Waals surface area contributed by atoms with Crippen molar-refractivity contribution in [2.45, 2.75) is 32.4 Å². The van der Waals surface area contributed by atoms with Crippen LogP contribution in [0.4, 0.5) is 11.8 Å². The van der Waals surface area contributed by atoms with E-state index >= 15 is 0 Å². The first-order chi connectivity index (χ1) is 17.6. The Bertz CT molecular complexity index is 1330. The number of anilines is 2. The molecule has 0 saturated carbocycles. The molecule has 192 valence electrons. The van der Waals surface area contributed by atoms with E-state index < -0.39 is 0 Å². The highest BCUT2D eigenvalue weighted by Crippen LogP contribution is 2.33. The Morgan fingerprint density at radius 3 is 2.72 bits per heavy atom. The Morgan fingerprint density at radius 1 is 1.14 bits per heavy atom. The van der Waals surface area contributed by atoms with Gasteiger partial charge < -0.3 is 24.4 Å². The SMILES string of the molecule is CNc1nc2ccccc2n1-c1nc(N2CCOC[C@H]2C)c2ccc(C(OC)C(C)CCOC)n2n1. The summed E-state index contributed by atoms with van der Waals surface area (Å²) in [6.45, 7) is 7.10. The van der Waals surface area contributed by atoms with Crippen LogP contribution in [0.5, 0.6) is 0 Å². The number of benzene rings is 1. The van der Waals surface area contributed by atoms with E-state index in [1.807, 2.05) is 40.4 Å². The summed E-state index contributed by atoms with van der Waals surface area (Å²) in [6.07, 6.45) is 0.729. The molecule has 1 aliphatic rings. The van der Waals surface area contributed by atoms with Gasteiger partial charge in [0.15, 0.2) is 5.82 Å². The molecule has 0 radical (unpaired) electrons. The van der Waals surface area contributed by atoms with Gasteiger partial charge in [0.1, 0.15) is 11.6 Å². The lowest BCUT2D eigenvalue weighted by atomic mass is 9.98. The molecular weight excluding hydrogens is 458 g/mol. The number of methoxy groups -OCH3 is 2. The Balaban J connectivity index is 1.73. The first kappa shape index (κ1) is 24.5. The molecule has 0 aliphatic carbocycles. The summed E-state index contributed by atoms with van der Waals surface area (Å²) < 4.78 is 21.0. The van der Waals surface area contributed by atoms with Crippen molar-refractivity contribution in [3.63, 3.8) is 0 Å². The van der Waals surface area contributed by atoms with E-state index in [-0.39, 0.29) is 18.1 Å². The second-order valence-electron chi connectivity index (χ2n) is 9.33. The number of ether oxygens (including phenoxy) is 3. The summed E-state index contributed by atoms with van der Waals surface area (Å²) >= 11 is 0. The minimum atomic E-state index is -0.149. The van der Waals surface area contributed by atoms with E-state index in [1.54, 1.807) is 14.2 Å². The van der Waals surface area contributed by atoms with Crippen LogP contribution in [0.15, 0.2) is 36.4 Å². The molecule has 4 aromatic rings. The van der Waals surface area contributed by atoms with Gasteiger partial charge in [0.2, 0.25) is 5.95 Å². The maximum Gasteiger partial charge on any atom is 0.257 e.